The quantitative estimate of drug-likeness (QED) is 0.782. The summed E-state index contributed by atoms with van der Waals surface area (Å²) < 4.78 is 1.16. The first kappa shape index (κ1) is 15.3. The minimum absolute atomic E-state index is 0.307. The highest BCUT2D eigenvalue weighted by Gasteiger charge is 2.14. The van der Waals surface area contributed by atoms with Gasteiger partial charge in [-0.15, -0.1) is 0 Å². The van der Waals surface area contributed by atoms with Gasteiger partial charge >= 0.3 is 0 Å². The van der Waals surface area contributed by atoms with Crippen LogP contribution < -0.4 is 5.32 Å². The zero-order valence-corrected chi connectivity index (χ0v) is 14.2. The van der Waals surface area contributed by atoms with Gasteiger partial charge in [0.05, 0.1) is 0 Å². The maximum absolute atomic E-state index is 3.68. The molecule has 2 rings (SSSR count). The summed E-state index contributed by atoms with van der Waals surface area (Å²) in [6, 6.07) is 15.7. The zero-order valence-electron chi connectivity index (χ0n) is 12.6. The molecule has 0 amide bonds. The van der Waals surface area contributed by atoms with Gasteiger partial charge in [0.25, 0.3) is 0 Å². The fraction of sp³-hybridized carbons (Fsp3) is 0.333. The maximum Gasteiger partial charge on any atom is 0.0308 e. The third kappa shape index (κ3) is 3.50. The lowest BCUT2D eigenvalue weighted by molar-refractivity contribution is 0.492. The molecule has 1 N–H and O–H groups in total. The van der Waals surface area contributed by atoms with E-state index in [9.17, 15) is 0 Å². The third-order valence-corrected chi connectivity index (χ3v) is 4.49. The number of nitrogens with one attached hydrogen (secondary N) is 1. The van der Waals surface area contributed by atoms with Crippen molar-refractivity contribution in [3.05, 3.63) is 69.2 Å². The fourth-order valence-electron chi connectivity index (χ4n) is 2.69. The van der Waals surface area contributed by atoms with Crippen LogP contribution >= 0.6 is 15.9 Å². The van der Waals surface area contributed by atoms with E-state index in [0.29, 0.717) is 12.1 Å². The van der Waals surface area contributed by atoms with Gasteiger partial charge in [-0.05, 0) is 50.5 Å². The van der Waals surface area contributed by atoms with Crippen molar-refractivity contribution in [2.45, 2.75) is 39.8 Å². The van der Waals surface area contributed by atoms with Crippen molar-refractivity contribution in [1.82, 2.24) is 5.32 Å². The van der Waals surface area contributed by atoms with Crippen molar-refractivity contribution < 1.29 is 0 Å². The van der Waals surface area contributed by atoms with E-state index in [1.807, 2.05) is 6.07 Å². The molecule has 0 aliphatic carbocycles. The van der Waals surface area contributed by atoms with Crippen LogP contribution in [-0.4, -0.2) is 0 Å². The van der Waals surface area contributed by atoms with Crippen LogP contribution in [0.3, 0.4) is 0 Å². The molecule has 0 aliphatic rings. The maximum atomic E-state index is 3.68. The molecule has 0 aliphatic heterocycles. The van der Waals surface area contributed by atoms with Gasteiger partial charge in [-0.1, -0.05) is 57.9 Å². The van der Waals surface area contributed by atoms with E-state index in [4.69, 9.17) is 0 Å². The molecule has 1 nitrogen and oxygen atoms in total. The van der Waals surface area contributed by atoms with Crippen molar-refractivity contribution >= 4 is 15.9 Å². The molecule has 2 heteroatoms. The molecule has 0 spiro atoms. The van der Waals surface area contributed by atoms with E-state index in [1.54, 1.807) is 0 Å². The van der Waals surface area contributed by atoms with Crippen LogP contribution in [0, 0.1) is 13.8 Å². The molecule has 0 fully saturated rings. The van der Waals surface area contributed by atoms with E-state index in [2.05, 4.69) is 85.3 Å². The van der Waals surface area contributed by atoms with Crippen LogP contribution in [0.4, 0.5) is 0 Å². The predicted octanol–water partition coefficient (Wildman–Crippen LogP) is 5.48. The summed E-state index contributed by atoms with van der Waals surface area (Å²) in [5.74, 6) is 0. The zero-order chi connectivity index (χ0) is 14.7. The monoisotopic (exact) mass is 331 g/mol. The van der Waals surface area contributed by atoms with Gasteiger partial charge in [0, 0.05) is 16.6 Å². The minimum atomic E-state index is 0.307. The average Bonchev–Trinajstić information content (AvgIpc) is 2.38. The molecule has 0 heterocycles. The number of hydrogen-bond donors (Lipinski definition) is 1. The fourth-order valence-corrected chi connectivity index (χ4v) is 3.32. The molecule has 0 bridgehead atoms. The topological polar surface area (TPSA) is 12.0 Å². The van der Waals surface area contributed by atoms with Gasteiger partial charge < -0.3 is 5.32 Å². The van der Waals surface area contributed by atoms with Crippen molar-refractivity contribution in [2.24, 2.45) is 0 Å². The highest BCUT2D eigenvalue weighted by Crippen LogP contribution is 2.26. The smallest absolute Gasteiger partial charge is 0.0308 e. The summed E-state index contributed by atoms with van der Waals surface area (Å²) in [7, 11) is 0. The average molecular weight is 332 g/mol. The molecule has 0 aromatic heterocycles. The Bertz CT molecular complexity index is 592. The second-order valence-electron chi connectivity index (χ2n) is 5.49. The van der Waals surface area contributed by atoms with Gasteiger partial charge in [0.15, 0.2) is 0 Å². The molecule has 2 aromatic rings. The minimum Gasteiger partial charge on any atom is -0.304 e. The Kier molecular flexibility index (Phi) is 5.00. The van der Waals surface area contributed by atoms with Crippen molar-refractivity contribution in [3.63, 3.8) is 0 Å². The highest BCUT2D eigenvalue weighted by atomic mass is 79.9. The molecule has 20 heavy (non-hydrogen) atoms. The molecule has 0 saturated heterocycles. The Labute approximate surface area is 130 Å². The standard InChI is InChI=1S/C18H22BrN/c1-12-9-10-16(13(2)11-12)14(3)20-15(4)17-7-5-6-8-18(17)19/h5-11,14-15,20H,1-4H3. The van der Waals surface area contributed by atoms with Crippen LogP contribution in [0.5, 0.6) is 0 Å². The summed E-state index contributed by atoms with van der Waals surface area (Å²) in [4.78, 5) is 0. The lowest BCUT2D eigenvalue weighted by Crippen LogP contribution is -2.23. The van der Waals surface area contributed by atoms with Crippen molar-refractivity contribution in [3.8, 4) is 0 Å². The first-order valence-electron chi connectivity index (χ1n) is 7.06. The van der Waals surface area contributed by atoms with E-state index in [1.165, 1.54) is 22.3 Å². The second kappa shape index (κ2) is 6.55. The Morgan fingerprint density at radius 3 is 2.20 bits per heavy atom. The number of aryl methyl sites for hydroxylation is 2. The summed E-state index contributed by atoms with van der Waals surface area (Å²) in [5, 5.41) is 3.68. The first-order valence-corrected chi connectivity index (χ1v) is 7.86. The number of halogens is 1. The summed E-state index contributed by atoms with van der Waals surface area (Å²) in [5.41, 5.74) is 5.33. The van der Waals surface area contributed by atoms with Crippen LogP contribution in [0.15, 0.2) is 46.9 Å². The van der Waals surface area contributed by atoms with Gasteiger partial charge in [-0.25, -0.2) is 0 Å². The van der Waals surface area contributed by atoms with Crippen molar-refractivity contribution in [1.29, 1.82) is 0 Å². The largest absolute Gasteiger partial charge is 0.304 e. The van der Waals surface area contributed by atoms with Crippen LogP contribution in [0.2, 0.25) is 0 Å². The van der Waals surface area contributed by atoms with Gasteiger partial charge in [0.1, 0.15) is 0 Å². The third-order valence-electron chi connectivity index (χ3n) is 3.76. The summed E-state index contributed by atoms with van der Waals surface area (Å²) >= 11 is 3.63. The molecular formula is C18H22BrN. The molecule has 106 valence electrons. The molecule has 2 unspecified atom stereocenters. The van der Waals surface area contributed by atoms with E-state index < -0.39 is 0 Å². The lowest BCUT2D eigenvalue weighted by atomic mass is 9.99. The first-order chi connectivity index (χ1) is 9.49. The van der Waals surface area contributed by atoms with Gasteiger partial charge in [-0.2, -0.15) is 0 Å². The van der Waals surface area contributed by atoms with Crippen LogP contribution in [0.25, 0.3) is 0 Å². The molecule has 2 aromatic carbocycles. The molecular weight excluding hydrogens is 310 g/mol. The van der Waals surface area contributed by atoms with Gasteiger partial charge in [0.2, 0.25) is 0 Å². The SMILES string of the molecule is Cc1ccc(C(C)NC(C)c2ccccc2Br)c(C)c1. The Morgan fingerprint density at radius 1 is 0.900 bits per heavy atom. The van der Waals surface area contributed by atoms with Gasteiger partial charge in [-0.3, -0.25) is 0 Å². The summed E-state index contributed by atoms with van der Waals surface area (Å²) in [6.45, 7) is 8.76. The summed E-state index contributed by atoms with van der Waals surface area (Å²) in [6.07, 6.45) is 0. The molecule has 0 radical (unpaired) electrons. The van der Waals surface area contributed by atoms with Crippen LogP contribution in [0.1, 0.15) is 48.2 Å². The van der Waals surface area contributed by atoms with Crippen molar-refractivity contribution in [2.75, 3.05) is 0 Å². The number of benzene rings is 2. The Balaban J connectivity index is 2.15. The lowest BCUT2D eigenvalue weighted by Gasteiger charge is -2.23. The second-order valence-corrected chi connectivity index (χ2v) is 6.35. The van der Waals surface area contributed by atoms with E-state index in [0.717, 1.165) is 4.47 Å². The molecule has 0 saturated carbocycles. The highest BCUT2D eigenvalue weighted by molar-refractivity contribution is 9.10. The Hall–Kier alpha value is -1.12. The number of hydrogen-bond acceptors (Lipinski definition) is 1. The number of rotatable bonds is 4. The molecule has 2 atom stereocenters. The van der Waals surface area contributed by atoms with E-state index >= 15 is 0 Å². The predicted molar refractivity (Wildman–Crippen MR) is 90.0 cm³/mol. The Morgan fingerprint density at radius 2 is 1.55 bits per heavy atom. The van der Waals surface area contributed by atoms with Crippen LogP contribution in [-0.2, 0) is 0 Å². The normalized spacial score (nSPS) is 14.1. The van der Waals surface area contributed by atoms with E-state index in [-0.39, 0.29) is 0 Å².